The maximum Gasteiger partial charge on any atom is 0.130 e. The maximum atomic E-state index is 11.3. The highest BCUT2D eigenvalue weighted by Gasteiger charge is 2.37. The van der Waals surface area contributed by atoms with Gasteiger partial charge in [0.2, 0.25) is 0 Å². The molecule has 0 fully saturated rings. The summed E-state index contributed by atoms with van der Waals surface area (Å²) in [6.07, 6.45) is 0.670. The molecule has 0 amide bonds. The molecule has 4 rings (SSSR count). The predicted octanol–water partition coefficient (Wildman–Crippen LogP) is 8.30. The summed E-state index contributed by atoms with van der Waals surface area (Å²) < 4.78 is 6.38. The number of benzene rings is 3. The summed E-state index contributed by atoms with van der Waals surface area (Å²) in [5.41, 5.74) is 5.43. The number of rotatable bonds is 3. The summed E-state index contributed by atoms with van der Waals surface area (Å²) in [7, 11) is 0. The lowest BCUT2D eigenvalue weighted by Crippen LogP contribution is -2.27. The first-order valence-corrected chi connectivity index (χ1v) is 13.5. The second kappa shape index (κ2) is 10.7. The summed E-state index contributed by atoms with van der Waals surface area (Å²) in [5.74, 6) is 1.56. The van der Waals surface area contributed by atoms with Gasteiger partial charge in [0.25, 0.3) is 0 Å². The Morgan fingerprint density at radius 1 is 0.784 bits per heavy atom. The van der Waals surface area contributed by atoms with Gasteiger partial charge in [0, 0.05) is 23.0 Å². The predicted molar refractivity (Wildman–Crippen MR) is 153 cm³/mol. The van der Waals surface area contributed by atoms with Crippen LogP contribution in [0.2, 0.25) is 0 Å². The van der Waals surface area contributed by atoms with Crippen molar-refractivity contribution in [3.8, 4) is 23.0 Å². The van der Waals surface area contributed by atoms with Gasteiger partial charge in [-0.15, -0.1) is 0 Å². The van der Waals surface area contributed by atoms with Crippen LogP contribution in [0, 0.1) is 0 Å². The zero-order valence-corrected chi connectivity index (χ0v) is 23.9. The zero-order valence-electron chi connectivity index (χ0n) is 23.9. The molecule has 2 atom stereocenters. The normalized spacial score (nSPS) is 17.3. The number of fused-ring (bicyclic) bond motifs is 1. The van der Waals surface area contributed by atoms with Gasteiger partial charge in [-0.1, -0.05) is 92.6 Å². The molecule has 3 N–H and O–H groups in total. The highest BCUT2D eigenvalue weighted by atomic mass is 16.5. The van der Waals surface area contributed by atoms with Gasteiger partial charge >= 0.3 is 0 Å². The Labute approximate surface area is 223 Å². The highest BCUT2D eigenvalue weighted by Crippen LogP contribution is 2.51. The number of phenols is 3. The molecule has 37 heavy (non-hydrogen) atoms. The summed E-state index contributed by atoms with van der Waals surface area (Å²) in [5, 5.41) is 31.7. The van der Waals surface area contributed by atoms with Crippen LogP contribution in [0.4, 0.5) is 0 Å². The van der Waals surface area contributed by atoms with E-state index in [4.69, 9.17) is 4.74 Å². The van der Waals surface area contributed by atoms with E-state index in [9.17, 15) is 15.3 Å². The van der Waals surface area contributed by atoms with Gasteiger partial charge in [-0.2, -0.15) is 0 Å². The van der Waals surface area contributed by atoms with Crippen molar-refractivity contribution >= 4 is 0 Å². The van der Waals surface area contributed by atoms with Crippen molar-refractivity contribution in [1.82, 2.24) is 0 Å². The van der Waals surface area contributed by atoms with Crippen LogP contribution in [-0.4, -0.2) is 21.9 Å². The lowest BCUT2D eigenvalue weighted by molar-refractivity contribution is 0.244. The van der Waals surface area contributed by atoms with Gasteiger partial charge in [0.1, 0.15) is 23.0 Å². The van der Waals surface area contributed by atoms with Crippen molar-refractivity contribution in [1.29, 1.82) is 0 Å². The van der Waals surface area contributed by atoms with Crippen molar-refractivity contribution in [2.24, 2.45) is 0 Å². The molecular formula is C33H44O4. The molecule has 200 valence electrons. The molecule has 3 aromatic carbocycles. The van der Waals surface area contributed by atoms with Gasteiger partial charge < -0.3 is 20.1 Å². The van der Waals surface area contributed by atoms with Crippen LogP contribution in [0.1, 0.15) is 108 Å². The van der Waals surface area contributed by atoms with Gasteiger partial charge in [-0.25, -0.2) is 0 Å². The number of hydrogen-bond donors (Lipinski definition) is 3. The quantitative estimate of drug-likeness (QED) is 0.335. The molecule has 0 aliphatic carbocycles. The van der Waals surface area contributed by atoms with E-state index in [1.165, 1.54) is 0 Å². The fourth-order valence-electron chi connectivity index (χ4n) is 5.28. The summed E-state index contributed by atoms with van der Waals surface area (Å²) >= 11 is 0. The van der Waals surface area contributed by atoms with Gasteiger partial charge in [0.05, 0.1) is 6.61 Å². The van der Waals surface area contributed by atoms with Crippen molar-refractivity contribution in [3.05, 3.63) is 81.9 Å². The van der Waals surface area contributed by atoms with Gasteiger partial charge in [-0.3, -0.25) is 0 Å². The lowest BCUT2D eigenvalue weighted by atomic mass is 9.71. The topological polar surface area (TPSA) is 69.9 Å². The van der Waals surface area contributed by atoms with Crippen LogP contribution >= 0.6 is 0 Å². The zero-order chi connectivity index (χ0) is 27.7. The second-order valence-corrected chi connectivity index (χ2v) is 11.8. The fraction of sp³-hybridized carbons (Fsp3) is 0.455. The van der Waals surface area contributed by atoms with Crippen LogP contribution < -0.4 is 4.74 Å². The van der Waals surface area contributed by atoms with Crippen molar-refractivity contribution in [2.45, 2.75) is 91.4 Å². The van der Waals surface area contributed by atoms with E-state index in [0.29, 0.717) is 18.8 Å². The summed E-state index contributed by atoms with van der Waals surface area (Å²) in [6, 6.07) is 15.4. The first-order valence-electron chi connectivity index (χ1n) is 13.5. The lowest BCUT2D eigenvalue weighted by Gasteiger charge is -2.37. The molecule has 4 nitrogen and oxygen atoms in total. The van der Waals surface area contributed by atoms with Crippen LogP contribution in [0.3, 0.4) is 0 Å². The Bertz CT molecular complexity index is 1190. The van der Waals surface area contributed by atoms with Crippen molar-refractivity contribution < 1.29 is 20.1 Å². The molecule has 0 radical (unpaired) electrons. The molecule has 0 saturated heterocycles. The van der Waals surface area contributed by atoms with Crippen molar-refractivity contribution in [3.63, 3.8) is 0 Å². The summed E-state index contributed by atoms with van der Waals surface area (Å²) in [4.78, 5) is 0. The molecule has 0 aromatic heterocycles. The Kier molecular flexibility index (Phi) is 8.21. The first-order chi connectivity index (χ1) is 17.3. The van der Waals surface area contributed by atoms with Crippen LogP contribution in [-0.2, 0) is 17.3 Å². The number of phenolic OH excluding ortho intramolecular Hbond substituents is 3. The third-order valence-electron chi connectivity index (χ3n) is 7.19. The average Bonchev–Trinajstić information content (AvgIpc) is 2.84. The van der Waals surface area contributed by atoms with Gasteiger partial charge in [-0.05, 0) is 57.7 Å². The molecule has 1 heterocycles. The Morgan fingerprint density at radius 2 is 1.32 bits per heavy atom. The molecule has 3 aromatic rings. The van der Waals surface area contributed by atoms with E-state index < -0.39 is 0 Å². The molecule has 4 heteroatoms. The molecular weight excluding hydrogens is 460 g/mol. The highest BCUT2D eigenvalue weighted by molar-refractivity contribution is 5.58. The van der Waals surface area contributed by atoms with E-state index in [1.807, 2.05) is 39.0 Å². The molecule has 0 spiro atoms. The third kappa shape index (κ3) is 5.58. The third-order valence-corrected chi connectivity index (χ3v) is 7.19. The Hall–Kier alpha value is -3.14. The van der Waals surface area contributed by atoms with Crippen LogP contribution in [0.5, 0.6) is 23.0 Å². The van der Waals surface area contributed by atoms with Gasteiger partial charge in [0.15, 0.2) is 0 Å². The van der Waals surface area contributed by atoms with E-state index in [1.54, 1.807) is 18.2 Å². The molecule has 1 aliphatic rings. The first kappa shape index (κ1) is 28.4. The fourth-order valence-corrected chi connectivity index (χ4v) is 5.28. The Balaban J connectivity index is 0.00000186. The van der Waals surface area contributed by atoms with Crippen molar-refractivity contribution in [2.75, 3.05) is 6.61 Å². The molecule has 0 bridgehead atoms. The SMILES string of the molecule is CC.CCc1c(O)ccc2c1OCC(c1cc(C(C)(C)C)c(O)c(C(C)(C)C)c1)C2c1ccc(O)cc1. The largest absolute Gasteiger partial charge is 0.508 e. The minimum atomic E-state index is -0.233. The van der Waals surface area contributed by atoms with E-state index in [2.05, 4.69) is 53.7 Å². The number of ether oxygens (including phenoxy) is 1. The minimum Gasteiger partial charge on any atom is -0.508 e. The van der Waals surface area contributed by atoms with E-state index in [0.717, 1.165) is 39.1 Å². The minimum absolute atomic E-state index is 0.0101. The smallest absolute Gasteiger partial charge is 0.130 e. The van der Waals surface area contributed by atoms with E-state index >= 15 is 0 Å². The van der Waals surface area contributed by atoms with E-state index in [-0.39, 0.29) is 34.2 Å². The molecule has 2 unspecified atom stereocenters. The average molecular weight is 505 g/mol. The van der Waals surface area contributed by atoms with Crippen LogP contribution in [0.15, 0.2) is 48.5 Å². The molecule has 1 aliphatic heterocycles. The monoisotopic (exact) mass is 504 g/mol. The number of aromatic hydroxyl groups is 3. The Morgan fingerprint density at radius 3 is 1.81 bits per heavy atom. The van der Waals surface area contributed by atoms with Crippen LogP contribution in [0.25, 0.3) is 0 Å². The standard InChI is InChI=1S/C31H38O4.C2H6/c1-8-21-26(33)14-13-22-27(18-9-11-20(32)12-10-18)23(17-35-29(21)22)19-15-24(30(2,3)4)28(34)25(16-19)31(5,6)7;1-2/h9-16,23,27,32-34H,8,17H2,1-7H3;1-2H3. The second-order valence-electron chi connectivity index (χ2n) is 11.8. The maximum absolute atomic E-state index is 11.3. The summed E-state index contributed by atoms with van der Waals surface area (Å²) in [6.45, 7) is 19.2. The molecule has 0 saturated carbocycles. The number of hydrogen-bond acceptors (Lipinski definition) is 4.